The van der Waals surface area contributed by atoms with E-state index in [4.69, 9.17) is 0 Å². The van der Waals surface area contributed by atoms with E-state index in [9.17, 15) is 8.78 Å². The van der Waals surface area contributed by atoms with Crippen molar-refractivity contribution in [3.8, 4) is 0 Å². The zero-order chi connectivity index (χ0) is 19.2. The Labute approximate surface area is 182 Å². The van der Waals surface area contributed by atoms with Crippen molar-refractivity contribution < 1.29 is 8.78 Å². The first kappa shape index (κ1) is 22.4. The van der Waals surface area contributed by atoms with E-state index in [1.165, 1.54) is 24.6 Å². The van der Waals surface area contributed by atoms with Gasteiger partial charge in [-0.15, -0.1) is 24.0 Å². The van der Waals surface area contributed by atoms with Crippen LogP contribution < -0.4 is 15.5 Å². The van der Waals surface area contributed by atoms with Gasteiger partial charge >= 0.3 is 0 Å². The summed E-state index contributed by atoms with van der Waals surface area (Å²) >= 11 is 0. The van der Waals surface area contributed by atoms with Gasteiger partial charge in [-0.3, -0.25) is 4.99 Å². The normalized spacial score (nSPS) is 15.1. The van der Waals surface area contributed by atoms with Crippen molar-refractivity contribution in [1.82, 2.24) is 10.6 Å². The molecule has 0 amide bonds. The number of aliphatic imine (C=N–C) groups is 1. The summed E-state index contributed by atoms with van der Waals surface area (Å²) in [4.78, 5) is 6.59. The predicted molar refractivity (Wildman–Crippen MR) is 121 cm³/mol. The van der Waals surface area contributed by atoms with E-state index in [0.29, 0.717) is 5.96 Å². The van der Waals surface area contributed by atoms with Gasteiger partial charge in [-0.2, -0.15) is 0 Å². The van der Waals surface area contributed by atoms with Crippen molar-refractivity contribution in [3.63, 3.8) is 0 Å². The van der Waals surface area contributed by atoms with Crippen LogP contribution in [-0.4, -0.2) is 26.1 Å². The summed E-state index contributed by atoms with van der Waals surface area (Å²) in [5, 5.41) is 6.36. The van der Waals surface area contributed by atoms with Gasteiger partial charge in [0.2, 0.25) is 0 Å². The zero-order valence-electron chi connectivity index (χ0n) is 16.2. The minimum absolute atomic E-state index is 0. The fraction of sp³-hybridized carbons (Fsp3) is 0.381. The van der Waals surface area contributed by atoms with E-state index in [1.54, 1.807) is 7.05 Å². The number of halogens is 3. The van der Waals surface area contributed by atoms with Gasteiger partial charge in [-0.25, -0.2) is 8.78 Å². The molecular formula is C21H27F2IN4. The van der Waals surface area contributed by atoms with Gasteiger partial charge in [-0.05, 0) is 55.7 Å². The number of hydrogen-bond acceptors (Lipinski definition) is 2. The van der Waals surface area contributed by atoms with Gasteiger partial charge in [0.25, 0.3) is 0 Å². The summed E-state index contributed by atoms with van der Waals surface area (Å²) in [6.07, 6.45) is 2.48. The van der Waals surface area contributed by atoms with Crippen molar-refractivity contribution in [1.29, 1.82) is 0 Å². The molecule has 1 heterocycles. The molecule has 7 heteroatoms. The lowest BCUT2D eigenvalue weighted by Crippen LogP contribution is -2.38. The SMILES string of the molecule is CN=C(NCc1cc(F)ccc1F)NC(C)c1cccc(N2CCCC2)c1.I. The Morgan fingerprint density at radius 2 is 1.89 bits per heavy atom. The standard InChI is InChI=1S/C21H26F2N4.HI/c1-15(16-6-5-7-19(13-16)27-10-3-4-11-27)26-21(24-2)25-14-17-12-18(22)8-9-20(17)23;/h5-9,12-13,15H,3-4,10-11,14H2,1-2H3,(H2,24,25,26);1H. The second kappa shape index (κ2) is 10.6. The highest BCUT2D eigenvalue weighted by molar-refractivity contribution is 14.0. The number of guanidine groups is 1. The molecule has 1 aliphatic rings. The number of benzene rings is 2. The molecule has 0 radical (unpaired) electrons. The molecule has 1 atom stereocenters. The van der Waals surface area contributed by atoms with Crippen molar-refractivity contribution in [2.45, 2.75) is 32.4 Å². The van der Waals surface area contributed by atoms with Gasteiger partial charge in [0.05, 0.1) is 6.04 Å². The van der Waals surface area contributed by atoms with Crippen LogP contribution in [0.15, 0.2) is 47.5 Å². The summed E-state index contributed by atoms with van der Waals surface area (Å²) < 4.78 is 27.1. The highest BCUT2D eigenvalue weighted by atomic mass is 127. The smallest absolute Gasteiger partial charge is 0.191 e. The highest BCUT2D eigenvalue weighted by Crippen LogP contribution is 2.24. The molecular weight excluding hydrogens is 473 g/mol. The van der Waals surface area contributed by atoms with Crippen LogP contribution >= 0.6 is 24.0 Å². The number of nitrogens with zero attached hydrogens (tertiary/aromatic N) is 2. The molecule has 2 aromatic carbocycles. The molecule has 28 heavy (non-hydrogen) atoms. The summed E-state index contributed by atoms with van der Waals surface area (Å²) in [6.45, 7) is 4.42. The first-order valence-electron chi connectivity index (χ1n) is 9.33. The van der Waals surface area contributed by atoms with Gasteiger partial charge in [-0.1, -0.05) is 12.1 Å². The van der Waals surface area contributed by atoms with Crippen LogP contribution in [0, 0.1) is 11.6 Å². The lowest BCUT2D eigenvalue weighted by Gasteiger charge is -2.22. The second-order valence-electron chi connectivity index (χ2n) is 6.82. The monoisotopic (exact) mass is 500 g/mol. The third-order valence-corrected chi connectivity index (χ3v) is 4.87. The van der Waals surface area contributed by atoms with Gasteiger partial charge in [0, 0.05) is 37.9 Å². The Morgan fingerprint density at radius 1 is 1.14 bits per heavy atom. The van der Waals surface area contributed by atoms with E-state index >= 15 is 0 Å². The average Bonchev–Trinajstić information content (AvgIpc) is 3.22. The maximum Gasteiger partial charge on any atom is 0.191 e. The summed E-state index contributed by atoms with van der Waals surface area (Å²) in [6, 6.07) is 11.9. The summed E-state index contributed by atoms with van der Waals surface area (Å²) in [7, 11) is 1.66. The predicted octanol–water partition coefficient (Wildman–Crippen LogP) is 4.61. The third kappa shape index (κ3) is 5.80. The van der Waals surface area contributed by atoms with Gasteiger partial charge in [0.1, 0.15) is 11.6 Å². The van der Waals surface area contributed by atoms with E-state index in [-0.39, 0.29) is 42.1 Å². The van der Waals surface area contributed by atoms with E-state index < -0.39 is 11.6 Å². The molecule has 2 N–H and O–H groups in total. The van der Waals surface area contributed by atoms with Crippen LogP contribution in [0.5, 0.6) is 0 Å². The fourth-order valence-corrected chi connectivity index (χ4v) is 3.31. The molecule has 2 aromatic rings. The van der Waals surface area contributed by atoms with Gasteiger partial charge in [0.15, 0.2) is 5.96 Å². The molecule has 0 aromatic heterocycles. The zero-order valence-corrected chi connectivity index (χ0v) is 18.5. The third-order valence-electron chi connectivity index (χ3n) is 4.87. The summed E-state index contributed by atoms with van der Waals surface area (Å²) in [5.41, 5.74) is 2.66. The second-order valence-corrected chi connectivity index (χ2v) is 6.82. The van der Waals surface area contributed by atoms with Crippen LogP contribution in [-0.2, 0) is 6.54 Å². The lowest BCUT2D eigenvalue weighted by molar-refractivity contribution is 0.580. The molecule has 1 saturated heterocycles. The number of rotatable bonds is 5. The quantitative estimate of drug-likeness (QED) is 0.358. The van der Waals surface area contributed by atoms with E-state index in [1.807, 2.05) is 0 Å². The van der Waals surface area contributed by atoms with Crippen LogP contribution in [0.25, 0.3) is 0 Å². The Balaban J connectivity index is 0.00000280. The first-order chi connectivity index (χ1) is 13.1. The molecule has 4 nitrogen and oxygen atoms in total. The molecule has 0 saturated carbocycles. The van der Waals surface area contributed by atoms with Crippen LogP contribution in [0.2, 0.25) is 0 Å². The van der Waals surface area contributed by atoms with Crippen molar-refractivity contribution in [3.05, 3.63) is 65.2 Å². The van der Waals surface area contributed by atoms with E-state index in [0.717, 1.165) is 30.8 Å². The molecule has 152 valence electrons. The van der Waals surface area contributed by atoms with Crippen molar-refractivity contribution in [2.75, 3.05) is 25.0 Å². The minimum atomic E-state index is -0.455. The van der Waals surface area contributed by atoms with Crippen LogP contribution in [0.1, 0.15) is 36.9 Å². The number of nitrogens with one attached hydrogen (secondary N) is 2. The highest BCUT2D eigenvalue weighted by Gasteiger charge is 2.14. The van der Waals surface area contributed by atoms with Crippen LogP contribution in [0.3, 0.4) is 0 Å². The maximum atomic E-state index is 13.8. The summed E-state index contributed by atoms with van der Waals surface area (Å²) in [5.74, 6) is -0.355. The fourth-order valence-electron chi connectivity index (χ4n) is 3.31. The molecule has 3 rings (SSSR count). The van der Waals surface area contributed by atoms with Crippen molar-refractivity contribution in [2.24, 2.45) is 4.99 Å². The Kier molecular flexibility index (Phi) is 8.47. The van der Waals surface area contributed by atoms with Crippen LogP contribution in [0.4, 0.5) is 14.5 Å². The molecule has 1 aliphatic heterocycles. The molecule has 0 spiro atoms. The van der Waals surface area contributed by atoms with Crippen molar-refractivity contribution >= 4 is 35.6 Å². The molecule has 1 fully saturated rings. The maximum absolute atomic E-state index is 13.8. The Morgan fingerprint density at radius 3 is 2.61 bits per heavy atom. The van der Waals surface area contributed by atoms with E-state index in [2.05, 4.69) is 51.7 Å². The van der Waals surface area contributed by atoms with Gasteiger partial charge < -0.3 is 15.5 Å². The molecule has 1 unspecified atom stereocenters. The molecule has 0 aliphatic carbocycles. The largest absolute Gasteiger partial charge is 0.372 e. The minimum Gasteiger partial charge on any atom is -0.372 e. The first-order valence-corrected chi connectivity index (χ1v) is 9.33. The topological polar surface area (TPSA) is 39.7 Å². The lowest BCUT2D eigenvalue weighted by atomic mass is 10.1. The Bertz CT molecular complexity index is 807. The number of hydrogen-bond donors (Lipinski definition) is 2. The Hall–Kier alpha value is -1.90. The number of anilines is 1. The molecule has 0 bridgehead atoms. The average molecular weight is 500 g/mol.